The van der Waals surface area contributed by atoms with Crippen LogP contribution in [0.4, 0.5) is 0 Å². The number of carboxylic acid groups (broad SMARTS) is 1. The van der Waals surface area contributed by atoms with Crippen molar-refractivity contribution in [2.75, 3.05) is 13.1 Å². The fourth-order valence-corrected chi connectivity index (χ4v) is 3.64. The van der Waals surface area contributed by atoms with Crippen LogP contribution < -0.4 is 4.74 Å². The highest BCUT2D eigenvalue weighted by Gasteiger charge is 2.32. The average molecular weight is 415 g/mol. The van der Waals surface area contributed by atoms with E-state index >= 15 is 0 Å². The smallest absolute Gasteiger partial charge is 0.309 e. The molecule has 4 nitrogen and oxygen atoms in total. The molecule has 0 radical (unpaired) electrons. The van der Waals surface area contributed by atoms with Crippen LogP contribution in [-0.4, -0.2) is 29.1 Å². The number of nitrogens with zero attached hydrogens (tertiary/aromatic N) is 1. The van der Waals surface area contributed by atoms with Gasteiger partial charge in [-0.1, -0.05) is 46.9 Å². The lowest BCUT2D eigenvalue weighted by Gasteiger charge is -2.36. The van der Waals surface area contributed by atoms with Gasteiger partial charge in [-0.25, -0.2) is 0 Å². The second-order valence-electron chi connectivity index (χ2n) is 6.49. The number of hydrogen-bond acceptors (Lipinski definition) is 3. The maximum absolute atomic E-state index is 10.9. The summed E-state index contributed by atoms with van der Waals surface area (Å²) < 4.78 is 5.87. The number of ether oxygens (including phenoxy) is 1. The molecule has 0 aliphatic carbocycles. The van der Waals surface area contributed by atoms with Crippen LogP contribution in [0.2, 0.25) is 15.1 Å². The Morgan fingerprint density at radius 3 is 2.42 bits per heavy atom. The van der Waals surface area contributed by atoms with Gasteiger partial charge in [0.2, 0.25) is 0 Å². The molecule has 2 aromatic carbocycles. The molecular formula is C19H18Cl3NO3. The molecule has 0 amide bonds. The first-order chi connectivity index (χ1) is 12.3. The number of hydrogen-bond donors (Lipinski definition) is 1. The molecule has 3 rings (SSSR count). The molecule has 138 valence electrons. The second-order valence-corrected chi connectivity index (χ2v) is 7.71. The summed E-state index contributed by atoms with van der Waals surface area (Å²) in [5.74, 6) is -0.365. The molecule has 26 heavy (non-hydrogen) atoms. The first-order valence-electron chi connectivity index (χ1n) is 8.14. The van der Waals surface area contributed by atoms with Crippen molar-refractivity contribution in [1.82, 2.24) is 4.90 Å². The maximum Gasteiger partial charge on any atom is 0.309 e. The van der Waals surface area contributed by atoms with Crippen molar-refractivity contribution in [1.29, 1.82) is 0 Å². The highest BCUT2D eigenvalue weighted by atomic mass is 35.5. The van der Waals surface area contributed by atoms with Gasteiger partial charge in [-0.05, 0) is 41.8 Å². The lowest BCUT2D eigenvalue weighted by Crippen LogP contribution is -2.49. The summed E-state index contributed by atoms with van der Waals surface area (Å²) in [6.07, 6.45) is 0. The average Bonchev–Trinajstić information content (AvgIpc) is 2.52. The Morgan fingerprint density at radius 2 is 1.81 bits per heavy atom. The normalized spacial score (nSPS) is 14.9. The Bertz CT molecular complexity index is 812. The number of rotatable bonds is 6. The van der Waals surface area contributed by atoms with Gasteiger partial charge in [0.05, 0.1) is 21.0 Å². The van der Waals surface area contributed by atoms with Crippen molar-refractivity contribution < 1.29 is 14.6 Å². The van der Waals surface area contributed by atoms with E-state index in [0.717, 1.165) is 16.7 Å². The summed E-state index contributed by atoms with van der Waals surface area (Å²) in [7, 11) is 0. The Morgan fingerprint density at radius 1 is 1.12 bits per heavy atom. The van der Waals surface area contributed by atoms with Crippen molar-refractivity contribution in [3.8, 4) is 5.75 Å². The van der Waals surface area contributed by atoms with E-state index in [-0.39, 0.29) is 5.92 Å². The Kier molecular flexibility index (Phi) is 5.98. The second kappa shape index (κ2) is 8.05. The zero-order valence-corrected chi connectivity index (χ0v) is 16.4. The van der Waals surface area contributed by atoms with Crippen LogP contribution in [0.25, 0.3) is 0 Å². The van der Waals surface area contributed by atoms with Gasteiger partial charge in [0, 0.05) is 19.6 Å². The van der Waals surface area contributed by atoms with E-state index in [4.69, 9.17) is 44.6 Å². The molecule has 1 fully saturated rings. The summed E-state index contributed by atoms with van der Waals surface area (Å²) in [4.78, 5) is 13.0. The fourth-order valence-electron chi connectivity index (χ4n) is 2.97. The third-order valence-corrected chi connectivity index (χ3v) is 5.39. The van der Waals surface area contributed by atoms with Crippen molar-refractivity contribution in [2.45, 2.75) is 20.1 Å². The third kappa shape index (κ3) is 4.44. The summed E-state index contributed by atoms with van der Waals surface area (Å²) in [5, 5.41) is 10.5. The van der Waals surface area contributed by atoms with Gasteiger partial charge < -0.3 is 9.84 Å². The van der Waals surface area contributed by atoms with Gasteiger partial charge in [-0.2, -0.15) is 0 Å². The first-order valence-corrected chi connectivity index (χ1v) is 9.28. The minimum atomic E-state index is -0.735. The molecule has 0 saturated carbocycles. The molecule has 2 aromatic rings. The number of benzene rings is 2. The molecule has 1 saturated heterocycles. The van der Waals surface area contributed by atoms with E-state index in [1.165, 1.54) is 0 Å². The number of carboxylic acids is 1. The SMILES string of the molecule is Cc1cc(CN2CC(C(=O)O)C2)cc(Cl)c1OCc1ccc(Cl)c(Cl)c1. The van der Waals surface area contributed by atoms with Gasteiger partial charge >= 0.3 is 5.97 Å². The first kappa shape index (κ1) is 19.3. The highest BCUT2D eigenvalue weighted by Crippen LogP contribution is 2.32. The van der Waals surface area contributed by atoms with Crippen LogP contribution in [0.1, 0.15) is 16.7 Å². The van der Waals surface area contributed by atoms with E-state index in [1.807, 2.05) is 25.1 Å². The molecule has 0 bridgehead atoms. The molecule has 7 heteroatoms. The minimum absolute atomic E-state index is 0.264. The number of aryl methyl sites for hydroxylation is 1. The van der Waals surface area contributed by atoms with E-state index < -0.39 is 5.97 Å². The zero-order chi connectivity index (χ0) is 18.8. The maximum atomic E-state index is 10.9. The van der Waals surface area contributed by atoms with Crippen LogP contribution >= 0.6 is 34.8 Å². The summed E-state index contributed by atoms with van der Waals surface area (Å²) >= 11 is 18.3. The van der Waals surface area contributed by atoms with Crippen molar-refractivity contribution in [3.63, 3.8) is 0 Å². The molecule has 1 N–H and O–H groups in total. The number of aliphatic carboxylic acids is 1. The van der Waals surface area contributed by atoms with Crippen molar-refractivity contribution in [2.24, 2.45) is 5.92 Å². The van der Waals surface area contributed by atoms with E-state index in [0.29, 0.717) is 47.1 Å². The lowest BCUT2D eigenvalue weighted by atomic mass is 9.99. The summed E-state index contributed by atoms with van der Waals surface area (Å²) in [6.45, 7) is 4.10. The highest BCUT2D eigenvalue weighted by molar-refractivity contribution is 6.42. The van der Waals surface area contributed by atoms with E-state index in [9.17, 15) is 4.79 Å². The van der Waals surface area contributed by atoms with Gasteiger partial charge in [-0.15, -0.1) is 0 Å². The fraction of sp³-hybridized carbons (Fsp3) is 0.316. The van der Waals surface area contributed by atoms with E-state index in [1.54, 1.807) is 12.1 Å². The molecule has 0 aromatic heterocycles. The van der Waals surface area contributed by atoms with Gasteiger partial charge in [0.1, 0.15) is 12.4 Å². The van der Waals surface area contributed by atoms with Crippen molar-refractivity contribution >= 4 is 40.8 Å². The predicted molar refractivity (Wildman–Crippen MR) is 103 cm³/mol. The Labute approximate surface area is 167 Å². The van der Waals surface area contributed by atoms with Gasteiger partial charge in [0.15, 0.2) is 0 Å². The van der Waals surface area contributed by atoms with Crippen LogP contribution in [0.5, 0.6) is 5.75 Å². The largest absolute Gasteiger partial charge is 0.487 e. The van der Waals surface area contributed by atoms with E-state index in [2.05, 4.69) is 4.90 Å². The standard InChI is InChI=1S/C19H18Cl3NO3/c1-11-4-13(7-23-8-14(9-23)19(24)25)6-17(22)18(11)26-10-12-2-3-15(20)16(21)5-12/h2-6,14H,7-10H2,1H3,(H,24,25). The topological polar surface area (TPSA) is 49.8 Å². The number of halogens is 3. The zero-order valence-electron chi connectivity index (χ0n) is 14.1. The molecule has 0 unspecified atom stereocenters. The summed E-state index contributed by atoms with van der Waals surface area (Å²) in [5.41, 5.74) is 2.88. The van der Waals surface area contributed by atoms with Gasteiger partial charge in [-0.3, -0.25) is 9.69 Å². The molecule has 1 aliphatic heterocycles. The molecule has 0 spiro atoms. The van der Waals surface area contributed by atoms with Crippen molar-refractivity contribution in [3.05, 3.63) is 62.1 Å². The summed E-state index contributed by atoms with van der Waals surface area (Å²) in [6, 6.07) is 9.24. The van der Waals surface area contributed by atoms with Gasteiger partial charge in [0.25, 0.3) is 0 Å². The molecule has 1 aliphatic rings. The quantitative estimate of drug-likeness (QED) is 0.718. The third-order valence-electron chi connectivity index (χ3n) is 4.37. The molecular weight excluding hydrogens is 397 g/mol. The van der Waals surface area contributed by atoms with Crippen LogP contribution in [0.15, 0.2) is 30.3 Å². The Hall–Kier alpha value is -1.46. The Balaban J connectivity index is 1.63. The number of likely N-dealkylation sites (tertiary alicyclic amines) is 1. The lowest BCUT2D eigenvalue weighted by molar-refractivity contribution is -0.147. The predicted octanol–water partition coefficient (Wildman–Crippen LogP) is 5.05. The van der Waals surface area contributed by atoms with Crippen LogP contribution in [-0.2, 0) is 17.9 Å². The van der Waals surface area contributed by atoms with Crippen LogP contribution in [0.3, 0.4) is 0 Å². The molecule has 1 heterocycles. The monoisotopic (exact) mass is 413 g/mol. The molecule has 0 atom stereocenters. The van der Waals surface area contributed by atoms with Crippen LogP contribution in [0, 0.1) is 12.8 Å². The minimum Gasteiger partial charge on any atom is -0.487 e. The number of carbonyl (C=O) groups is 1.